The van der Waals surface area contributed by atoms with Gasteiger partial charge in [0, 0.05) is 10.6 Å². The topological polar surface area (TPSA) is 102 Å². The summed E-state index contributed by atoms with van der Waals surface area (Å²) in [4.78, 5) is 48.0. The van der Waals surface area contributed by atoms with E-state index in [9.17, 15) is 19.2 Å². The molecular formula is C23H18Cl2N2O5. The van der Waals surface area contributed by atoms with Gasteiger partial charge in [0.25, 0.3) is 5.91 Å². The first-order chi connectivity index (χ1) is 15.3. The molecule has 0 fully saturated rings. The van der Waals surface area contributed by atoms with Crippen LogP contribution in [-0.2, 0) is 14.3 Å². The smallest absolute Gasteiger partial charge is 0.325 e. The van der Waals surface area contributed by atoms with Crippen LogP contribution in [0.25, 0.3) is 10.8 Å². The standard InChI is InChI=1S/C23H18Cl2N2O5/c24-17-7-8-18(19(25)10-17)23(31)27-11-21(29)26-12-22(30)32-13-20(28)16-6-5-14-3-1-2-4-15(14)9-16/h1-10H,11-13H2,(H,26,29)(H,27,31). The Kier molecular flexibility index (Phi) is 7.81. The van der Waals surface area contributed by atoms with Gasteiger partial charge in [0.15, 0.2) is 12.4 Å². The number of carbonyl (C=O) groups is 4. The number of Topliss-reactive ketones (excluding diaryl/α,β-unsaturated/α-hetero) is 1. The highest BCUT2D eigenvalue weighted by Crippen LogP contribution is 2.20. The summed E-state index contributed by atoms with van der Waals surface area (Å²) in [6.07, 6.45) is 0. The summed E-state index contributed by atoms with van der Waals surface area (Å²) in [7, 11) is 0. The minimum Gasteiger partial charge on any atom is -0.456 e. The second kappa shape index (κ2) is 10.7. The van der Waals surface area contributed by atoms with E-state index in [1.54, 1.807) is 12.1 Å². The van der Waals surface area contributed by atoms with Crippen molar-refractivity contribution in [2.24, 2.45) is 0 Å². The Bertz CT molecular complexity index is 1200. The number of nitrogens with one attached hydrogen (secondary N) is 2. The van der Waals surface area contributed by atoms with Crippen LogP contribution in [0.15, 0.2) is 60.7 Å². The average Bonchev–Trinajstić information content (AvgIpc) is 2.79. The van der Waals surface area contributed by atoms with Crippen molar-refractivity contribution in [2.45, 2.75) is 0 Å². The van der Waals surface area contributed by atoms with Gasteiger partial charge < -0.3 is 15.4 Å². The van der Waals surface area contributed by atoms with E-state index in [1.165, 1.54) is 18.2 Å². The molecule has 0 saturated carbocycles. The van der Waals surface area contributed by atoms with Gasteiger partial charge in [-0.15, -0.1) is 0 Å². The van der Waals surface area contributed by atoms with E-state index in [0.29, 0.717) is 10.6 Å². The van der Waals surface area contributed by atoms with Crippen molar-refractivity contribution in [3.8, 4) is 0 Å². The zero-order valence-corrected chi connectivity index (χ0v) is 18.2. The van der Waals surface area contributed by atoms with E-state index < -0.39 is 30.9 Å². The number of benzene rings is 3. The van der Waals surface area contributed by atoms with E-state index in [0.717, 1.165) is 10.8 Å². The molecule has 0 bridgehead atoms. The third-order valence-corrected chi connectivity index (χ3v) is 5.00. The minimum absolute atomic E-state index is 0.148. The monoisotopic (exact) mass is 472 g/mol. The molecule has 0 aliphatic heterocycles. The summed E-state index contributed by atoms with van der Waals surface area (Å²) < 4.78 is 4.92. The summed E-state index contributed by atoms with van der Waals surface area (Å²) in [5, 5.41) is 7.11. The number of fused-ring (bicyclic) bond motifs is 1. The Morgan fingerprint density at radius 2 is 1.56 bits per heavy atom. The van der Waals surface area contributed by atoms with Crippen LogP contribution in [0.2, 0.25) is 10.0 Å². The first-order valence-electron chi connectivity index (χ1n) is 9.51. The summed E-state index contributed by atoms with van der Waals surface area (Å²) in [5.74, 6) is -2.31. The average molecular weight is 473 g/mol. The van der Waals surface area contributed by atoms with Crippen LogP contribution in [0.5, 0.6) is 0 Å². The van der Waals surface area contributed by atoms with Crippen molar-refractivity contribution in [3.63, 3.8) is 0 Å². The maximum atomic E-state index is 12.3. The Labute approximate surface area is 193 Å². The van der Waals surface area contributed by atoms with Gasteiger partial charge in [-0.25, -0.2) is 0 Å². The van der Waals surface area contributed by atoms with Crippen molar-refractivity contribution in [2.75, 3.05) is 19.7 Å². The molecule has 2 amide bonds. The van der Waals surface area contributed by atoms with E-state index in [-0.39, 0.29) is 22.9 Å². The number of amides is 2. The normalized spacial score (nSPS) is 10.4. The molecular weight excluding hydrogens is 455 g/mol. The predicted octanol–water partition coefficient (Wildman–Crippen LogP) is 3.42. The Morgan fingerprint density at radius 3 is 2.31 bits per heavy atom. The number of hydrogen-bond acceptors (Lipinski definition) is 5. The minimum atomic E-state index is -0.778. The van der Waals surface area contributed by atoms with Gasteiger partial charge in [-0.1, -0.05) is 59.6 Å². The van der Waals surface area contributed by atoms with Crippen LogP contribution in [0.1, 0.15) is 20.7 Å². The van der Waals surface area contributed by atoms with Gasteiger partial charge in [0.05, 0.1) is 17.1 Å². The van der Waals surface area contributed by atoms with Crippen LogP contribution in [0.4, 0.5) is 0 Å². The second-order valence-electron chi connectivity index (χ2n) is 6.73. The number of carbonyl (C=O) groups excluding carboxylic acids is 4. The third-order valence-electron chi connectivity index (χ3n) is 4.45. The zero-order chi connectivity index (χ0) is 23.1. The van der Waals surface area contributed by atoms with E-state index >= 15 is 0 Å². The molecule has 3 aromatic carbocycles. The molecule has 3 aromatic rings. The number of esters is 1. The molecule has 3 rings (SSSR count). The molecule has 0 saturated heterocycles. The van der Waals surface area contributed by atoms with E-state index in [4.69, 9.17) is 27.9 Å². The number of ether oxygens (including phenoxy) is 1. The molecule has 0 unspecified atom stereocenters. The van der Waals surface area contributed by atoms with Crippen LogP contribution in [-0.4, -0.2) is 43.3 Å². The molecule has 7 nitrogen and oxygen atoms in total. The lowest BCUT2D eigenvalue weighted by molar-refractivity contribution is -0.142. The fourth-order valence-electron chi connectivity index (χ4n) is 2.81. The first-order valence-corrected chi connectivity index (χ1v) is 10.3. The highest BCUT2D eigenvalue weighted by Gasteiger charge is 2.14. The fourth-order valence-corrected chi connectivity index (χ4v) is 3.30. The van der Waals surface area contributed by atoms with Gasteiger partial charge in [0.1, 0.15) is 6.54 Å². The largest absolute Gasteiger partial charge is 0.456 e. The molecule has 0 aliphatic rings. The van der Waals surface area contributed by atoms with Crippen molar-refractivity contribution in [1.82, 2.24) is 10.6 Å². The highest BCUT2D eigenvalue weighted by atomic mass is 35.5. The SMILES string of the molecule is O=C(CNC(=O)c1ccc(Cl)cc1Cl)NCC(=O)OCC(=O)c1ccc2ccccc2c1. The van der Waals surface area contributed by atoms with Gasteiger partial charge >= 0.3 is 5.97 Å². The molecule has 0 heterocycles. The molecule has 0 aromatic heterocycles. The van der Waals surface area contributed by atoms with Crippen LogP contribution in [0, 0.1) is 0 Å². The number of hydrogen-bond donors (Lipinski definition) is 2. The first kappa shape index (κ1) is 23.2. The van der Waals surface area contributed by atoms with Gasteiger partial charge in [-0.05, 0) is 35.0 Å². The van der Waals surface area contributed by atoms with Crippen molar-refractivity contribution < 1.29 is 23.9 Å². The summed E-state index contributed by atoms with van der Waals surface area (Å²) in [6.45, 7) is -1.26. The van der Waals surface area contributed by atoms with Gasteiger partial charge in [-0.2, -0.15) is 0 Å². The molecule has 0 atom stereocenters. The summed E-state index contributed by atoms with van der Waals surface area (Å²) in [5.41, 5.74) is 0.583. The molecule has 32 heavy (non-hydrogen) atoms. The lowest BCUT2D eigenvalue weighted by Gasteiger charge is -2.08. The van der Waals surface area contributed by atoms with Crippen molar-refractivity contribution >= 4 is 57.5 Å². The molecule has 0 aliphatic carbocycles. The lowest BCUT2D eigenvalue weighted by atomic mass is 10.0. The third kappa shape index (κ3) is 6.29. The number of rotatable bonds is 8. The van der Waals surface area contributed by atoms with E-state index in [1.807, 2.05) is 30.3 Å². The van der Waals surface area contributed by atoms with Crippen LogP contribution < -0.4 is 10.6 Å². The van der Waals surface area contributed by atoms with Gasteiger partial charge in [0.2, 0.25) is 5.91 Å². The van der Waals surface area contributed by atoms with Crippen molar-refractivity contribution in [3.05, 3.63) is 81.8 Å². The highest BCUT2D eigenvalue weighted by molar-refractivity contribution is 6.36. The Balaban J connectivity index is 1.40. The molecule has 0 radical (unpaired) electrons. The summed E-state index contributed by atoms with van der Waals surface area (Å²) >= 11 is 11.7. The quantitative estimate of drug-likeness (QED) is 0.386. The zero-order valence-electron chi connectivity index (χ0n) is 16.7. The molecule has 164 valence electrons. The lowest BCUT2D eigenvalue weighted by Crippen LogP contribution is -2.39. The number of ketones is 1. The summed E-state index contributed by atoms with van der Waals surface area (Å²) in [6, 6.07) is 17.1. The molecule has 2 N–H and O–H groups in total. The van der Waals surface area contributed by atoms with Crippen molar-refractivity contribution in [1.29, 1.82) is 0 Å². The number of halogens is 2. The van der Waals surface area contributed by atoms with Crippen LogP contribution in [0.3, 0.4) is 0 Å². The maximum Gasteiger partial charge on any atom is 0.325 e. The Hall–Kier alpha value is -3.42. The second-order valence-corrected chi connectivity index (χ2v) is 7.57. The molecule has 9 heteroatoms. The Morgan fingerprint density at radius 1 is 0.812 bits per heavy atom. The predicted molar refractivity (Wildman–Crippen MR) is 121 cm³/mol. The molecule has 0 spiro atoms. The maximum absolute atomic E-state index is 12.3. The fraction of sp³-hybridized carbons (Fsp3) is 0.130. The van der Waals surface area contributed by atoms with Gasteiger partial charge in [-0.3, -0.25) is 19.2 Å². The van der Waals surface area contributed by atoms with Crippen LogP contribution >= 0.6 is 23.2 Å². The van der Waals surface area contributed by atoms with E-state index in [2.05, 4.69) is 10.6 Å².